The van der Waals surface area contributed by atoms with Gasteiger partial charge in [-0.15, -0.1) is 0 Å². The van der Waals surface area contributed by atoms with Gasteiger partial charge in [0.05, 0.1) is 6.61 Å². The number of hydrogen-bond acceptors (Lipinski definition) is 4. The maximum absolute atomic E-state index is 11.2. The first-order valence-electron chi connectivity index (χ1n) is 5.25. The van der Waals surface area contributed by atoms with Crippen molar-refractivity contribution < 1.29 is 9.53 Å². The number of carbonyl (C=O) groups is 1. The normalized spacial score (nSPS) is 10.4. The molecule has 0 aromatic carbocycles. The number of rotatable bonds is 7. The fourth-order valence-electron chi connectivity index (χ4n) is 1.28. The van der Waals surface area contributed by atoms with Gasteiger partial charge in [0.2, 0.25) is 5.91 Å². The topological polar surface area (TPSA) is 82.2 Å². The molecule has 6 heteroatoms. The van der Waals surface area contributed by atoms with E-state index in [9.17, 15) is 4.79 Å². The summed E-state index contributed by atoms with van der Waals surface area (Å²) < 4.78 is 6.79. The lowest BCUT2D eigenvalue weighted by atomic mass is 10.3. The number of nitrogens with one attached hydrogen (secondary N) is 1. The van der Waals surface area contributed by atoms with Crippen molar-refractivity contribution in [2.24, 2.45) is 12.8 Å². The van der Waals surface area contributed by atoms with Crippen LogP contribution in [0.4, 0.5) is 0 Å². The molecule has 0 spiro atoms. The summed E-state index contributed by atoms with van der Waals surface area (Å²) in [6, 6.07) is 1.93. The van der Waals surface area contributed by atoms with E-state index in [0.29, 0.717) is 19.7 Å². The Morgan fingerprint density at radius 2 is 2.50 bits per heavy atom. The summed E-state index contributed by atoms with van der Waals surface area (Å²) in [5.41, 5.74) is 6.32. The van der Waals surface area contributed by atoms with E-state index in [2.05, 4.69) is 10.4 Å². The molecule has 0 saturated carbocycles. The number of hydrogen-bond donors (Lipinski definition) is 2. The van der Waals surface area contributed by atoms with E-state index in [4.69, 9.17) is 10.5 Å². The molecule has 0 bridgehead atoms. The summed E-state index contributed by atoms with van der Waals surface area (Å²) in [5, 5.41) is 6.80. The zero-order valence-electron chi connectivity index (χ0n) is 9.48. The fourth-order valence-corrected chi connectivity index (χ4v) is 1.28. The Labute approximate surface area is 94.8 Å². The van der Waals surface area contributed by atoms with Crippen molar-refractivity contribution in [1.29, 1.82) is 0 Å². The number of nitrogens with two attached hydrogens (primary N) is 1. The van der Waals surface area contributed by atoms with E-state index in [-0.39, 0.29) is 12.5 Å². The minimum Gasteiger partial charge on any atom is -0.370 e. The number of carbonyl (C=O) groups excluding carboxylic acids is 1. The van der Waals surface area contributed by atoms with E-state index in [1.807, 2.05) is 13.1 Å². The van der Waals surface area contributed by atoms with Crippen molar-refractivity contribution in [3.63, 3.8) is 0 Å². The second-order valence-electron chi connectivity index (χ2n) is 3.39. The number of aryl methyl sites for hydroxylation is 1. The predicted octanol–water partition coefficient (Wildman–Crippen LogP) is -0.946. The van der Waals surface area contributed by atoms with Crippen molar-refractivity contribution in [1.82, 2.24) is 15.1 Å². The average Bonchev–Trinajstić information content (AvgIpc) is 2.65. The Hall–Kier alpha value is -1.40. The number of aromatic nitrogens is 2. The second-order valence-corrected chi connectivity index (χ2v) is 3.39. The van der Waals surface area contributed by atoms with Gasteiger partial charge in [0.15, 0.2) is 0 Å². The molecule has 1 aromatic heterocycles. The molecule has 6 nitrogen and oxygen atoms in total. The summed E-state index contributed by atoms with van der Waals surface area (Å²) in [6.07, 6.45) is 2.50. The van der Waals surface area contributed by atoms with Crippen LogP contribution in [0.3, 0.4) is 0 Å². The molecule has 3 N–H and O–H groups in total. The lowest BCUT2D eigenvalue weighted by molar-refractivity contribution is -0.125. The lowest BCUT2D eigenvalue weighted by Crippen LogP contribution is -2.30. The van der Waals surface area contributed by atoms with Crippen molar-refractivity contribution in [2.45, 2.75) is 6.42 Å². The lowest BCUT2D eigenvalue weighted by Gasteiger charge is -2.05. The van der Waals surface area contributed by atoms with E-state index >= 15 is 0 Å². The molecule has 0 aliphatic rings. The Bertz CT molecular complexity index is 324. The highest BCUT2D eigenvalue weighted by Crippen LogP contribution is 1.95. The predicted molar refractivity (Wildman–Crippen MR) is 59.8 cm³/mol. The molecule has 16 heavy (non-hydrogen) atoms. The van der Waals surface area contributed by atoms with Gasteiger partial charge in [0.1, 0.15) is 6.61 Å². The van der Waals surface area contributed by atoms with Gasteiger partial charge in [0.25, 0.3) is 0 Å². The molecule has 0 fully saturated rings. The standard InChI is InChI=1S/C10H18N4O2/c1-14-9(3-6-13-14)2-5-12-10(15)8-16-7-4-11/h3,6H,2,4-5,7-8,11H2,1H3,(H,12,15). The maximum atomic E-state index is 11.2. The van der Waals surface area contributed by atoms with Gasteiger partial charge in [-0.3, -0.25) is 9.48 Å². The van der Waals surface area contributed by atoms with Crippen LogP contribution in [0.15, 0.2) is 12.3 Å². The van der Waals surface area contributed by atoms with Crippen LogP contribution in [-0.4, -0.2) is 42.0 Å². The molecule has 0 aliphatic heterocycles. The zero-order chi connectivity index (χ0) is 11.8. The van der Waals surface area contributed by atoms with E-state index in [1.165, 1.54) is 0 Å². The SMILES string of the molecule is Cn1nccc1CCNC(=O)COCCN. The second kappa shape index (κ2) is 6.97. The van der Waals surface area contributed by atoms with Gasteiger partial charge in [-0.2, -0.15) is 5.10 Å². The molecular formula is C10H18N4O2. The molecule has 0 aliphatic carbocycles. The Kier molecular flexibility index (Phi) is 5.52. The summed E-state index contributed by atoms with van der Waals surface area (Å²) in [4.78, 5) is 11.2. The highest BCUT2D eigenvalue weighted by molar-refractivity contribution is 5.77. The molecule has 1 heterocycles. The highest BCUT2D eigenvalue weighted by atomic mass is 16.5. The molecular weight excluding hydrogens is 208 g/mol. The van der Waals surface area contributed by atoms with Crippen molar-refractivity contribution in [2.75, 3.05) is 26.3 Å². The molecule has 0 unspecified atom stereocenters. The van der Waals surface area contributed by atoms with Crippen LogP contribution in [0, 0.1) is 0 Å². The van der Waals surface area contributed by atoms with Crippen LogP contribution >= 0.6 is 0 Å². The van der Waals surface area contributed by atoms with Gasteiger partial charge < -0.3 is 15.8 Å². The van der Waals surface area contributed by atoms with Crippen LogP contribution in [0.25, 0.3) is 0 Å². The van der Waals surface area contributed by atoms with Gasteiger partial charge >= 0.3 is 0 Å². The Morgan fingerprint density at radius 1 is 1.69 bits per heavy atom. The first-order chi connectivity index (χ1) is 7.74. The molecule has 0 radical (unpaired) electrons. The number of nitrogens with zero attached hydrogens (tertiary/aromatic N) is 2. The largest absolute Gasteiger partial charge is 0.370 e. The van der Waals surface area contributed by atoms with Crippen molar-refractivity contribution in [3.05, 3.63) is 18.0 Å². The van der Waals surface area contributed by atoms with E-state index in [1.54, 1.807) is 10.9 Å². The van der Waals surface area contributed by atoms with Crippen molar-refractivity contribution >= 4 is 5.91 Å². The summed E-state index contributed by atoms with van der Waals surface area (Å²) in [5.74, 6) is -0.115. The van der Waals surface area contributed by atoms with Crippen LogP contribution in [-0.2, 0) is 23.0 Å². The minimum atomic E-state index is -0.115. The highest BCUT2D eigenvalue weighted by Gasteiger charge is 2.02. The third-order valence-corrected chi connectivity index (χ3v) is 2.12. The van der Waals surface area contributed by atoms with Crippen LogP contribution in [0.5, 0.6) is 0 Å². The van der Waals surface area contributed by atoms with Crippen molar-refractivity contribution in [3.8, 4) is 0 Å². The van der Waals surface area contributed by atoms with E-state index < -0.39 is 0 Å². The quantitative estimate of drug-likeness (QED) is 0.587. The van der Waals surface area contributed by atoms with E-state index in [0.717, 1.165) is 12.1 Å². The van der Waals surface area contributed by atoms with Gasteiger partial charge in [0, 0.05) is 38.4 Å². The minimum absolute atomic E-state index is 0.0720. The Balaban J connectivity index is 2.11. The maximum Gasteiger partial charge on any atom is 0.246 e. The van der Waals surface area contributed by atoms with Gasteiger partial charge in [-0.25, -0.2) is 0 Å². The first kappa shape index (κ1) is 12.7. The smallest absolute Gasteiger partial charge is 0.246 e. The van der Waals surface area contributed by atoms with Gasteiger partial charge in [-0.05, 0) is 6.07 Å². The Morgan fingerprint density at radius 3 is 3.12 bits per heavy atom. The summed E-state index contributed by atoms with van der Waals surface area (Å²) in [6.45, 7) is 1.50. The van der Waals surface area contributed by atoms with Crippen LogP contribution < -0.4 is 11.1 Å². The molecule has 1 amide bonds. The zero-order valence-corrected chi connectivity index (χ0v) is 9.48. The van der Waals surface area contributed by atoms with Crippen LogP contribution in [0.2, 0.25) is 0 Å². The number of ether oxygens (including phenoxy) is 1. The molecule has 90 valence electrons. The molecule has 0 saturated heterocycles. The van der Waals surface area contributed by atoms with Crippen LogP contribution in [0.1, 0.15) is 5.69 Å². The third kappa shape index (κ3) is 4.41. The third-order valence-electron chi connectivity index (χ3n) is 2.12. The number of amides is 1. The summed E-state index contributed by atoms with van der Waals surface area (Å²) in [7, 11) is 1.88. The molecule has 1 rings (SSSR count). The average molecular weight is 226 g/mol. The fraction of sp³-hybridized carbons (Fsp3) is 0.600. The molecule has 1 aromatic rings. The monoisotopic (exact) mass is 226 g/mol. The van der Waals surface area contributed by atoms with Gasteiger partial charge in [-0.1, -0.05) is 0 Å². The first-order valence-corrected chi connectivity index (χ1v) is 5.25. The summed E-state index contributed by atoms with van der Waals surface area (Å²) >= 11 is 0. The molecule has 0 atom stereocenters.